The van der Waals surface area contributed by atoms with E-state index in [9.17, 15) is 4.39 Å². The molecule has 2 nitrogen and oxygen atoms in total. The summed E-state index contributed by atoms with van der Waals surface area (Å²) in [5.41, 5.74) is 0.726. The van der Waals surface area contributed by atoms with Crippen molar-refractivity contribution >= 4 is 0 Å². The van der Waals surface area contributed by atoms with Crippen LogP contribution in [-0.2, 0) is 0 Å². The van der Waals surface area contributed by atoms with Crippen LogP contribution in [0.15, 0.2) is 24.3 Å². The van der Waals surface area contributed by atoms with Crippen molar-refractivity contribution in [3.8, 4) is 12.3 Å². The first kappa shape index (κ1) is 14.7. The predicted octanol–water partition coefficient (Wildman–Crippen LogP) is 2.43. The topological polar surface area (TPSA) is 15.3 Å². The Bertz CT molecular complexity index is 411. The lowest BCUT2D eigenvalue weighted by Gasteiger charge is -2.31. The van der Waals surface area contributed by atoms with Crippen LogP contribution in [0, 0.1) is 18.2 Å². The molecule has 0 saturated heterocycles. The van der Waals surface area contributed by atoms with Gasteiger partial charge in [-0.2, -0.15) is 0 Å². The van der Waals surface area contributed by atoms with Crippen molar-refractivity contribution in [1.82, 2.24) is 10.2 Å². The lowest BCUT2D eigenvalue weighted by Crippen LogP contribution is -2.39. The summed E-state index contributed by atoms with van der Waals surface area (Å²) in [5, 5.41) is 3.17. The van der Waals surface area contributed by atoms with Gasteiger partial charge < -0.3 is 5.32 Å². The molecule has 0 aromatic heterocycles. The summed E-state index contributed by atoms with van der Waals surface area (Å²) in [6, 6.07) is 7.23. The van der Waals surface area contributed by atoms with Gasteiger partial charge >= 0.3 is 0 Å². The molecule has 1 N–H and O–H groups in total. The Kier molecular flexibility index (Phi) is 5.84. The Labute approximate surface area is 109 Å². The summed E-state index contributed by atoms with van der Waals surface area (Å²) in [6.07, 6.45) is 5.19. The molecule has 0 spiro atoms. The van der Waals surface area contributed by atoms with Gasteiger partial charge in [0.1, 0.15) is 5.82 Å². The summed E-state index contributed by atoms with van der Waals surface area (Å²) < 4.78 is 13.7. The van der Waals surface area contributed by atoms with E-state index in [-0.39, 0.29) is 17.9 Å². The highest BCUT2D eigenvalue weighted by Crippen LogP contribution is 2.22. The van der Waals surface area contributed by atoms with E-state index in [2.05, 4.69) is 23.1 Å². The van der Waals surface area contributed by atoms with Crippen molar-refractivity contribution in [1.29, 1.82) is 0 Å². The average molecular weight is 248 g/mol. The van der Waals surface area contributed by atoms with E-state index < -0.39 is 0 Å². The van der Waals surface area contributed by atoms with Crippen LogP contribution in [0.2, 0.25) is 0 Å². The molecule has 0 fully saturated rings. The normalized spacial score (nSPS) is 14.2. The van der Waals surface area contributed by atoms with Crippen LogP contribution in [-0.4, -0.2) is 31.1 Å². The van der Waals surface area contributed by atoms with Gasteiger partial charge in [-0.05, 0) is 27.0 Å². The average Bonchev–Trinajstić information content (AvgIpc) is 2.38. The Morgan fingerprint density at radius 1 is 1.39 bits per heavy atom. The van der Waals surface area contributed by atoms with E-state index in [1.807, 2.05) is 26.1 Å². The molecule has 2 atom stereocenters. The Morgan fingerprint density at radius 3 is 2.67 bits per heavy atom. The molecule has 3 heteroatoms. The summed E-state index contributed by atoms with van der Waals surface area (Å²) >= 11 is 0. The number of nitrogens with zero attached hydrogens (tertiary/aromatic N) is 1. The first-order chi connectivity index (χ1) is 8.57. The van der Waals surface area contributed by atoms with Gasteiger partial charge in [0.15, 0.2) is 0 Å². The quantitative estimate of drug-likeness (QED) is 0.614. The Balaban J connectivity index is 2.63. The first-order valence-electron chi connectivity index (χ1n) is 6.18. The summed E-state index contributed by atoms with van der Waals surface area (Å²) in [5.74, 6) is 2.39. The second-order valence-corrected chi connectivity index (χ2v) is 4.55. The molecular weight excluding hydrogens is 227 g/mol. The SMILES string of the molecule is C#CCNCC(C)N(C)C(C)c1ccccc1F. The number of hydrogen-bond donors (Lipinski definition) is 1. The minimum atomic E-state index is -0.152. The first-order valence-corrected chi connectivity index (χ1v) is 6.18. The second kappa shape index (κ2) is 7.15. The molecule has 0 radical (unpaired) electrons. The molecule has 98 valence electrons. The van der Waals surface area contributed by atoms with Gasteiger partial charge in [0.2, 0.25) is 0 Å². The van der Waals surface area contributed by atoms with Crippen LogP contribution in [0.5, 0.6) is 0 Å². The molecule has 0 aliphatic rings. The van der Waals surface area contributed by atoms with Crippen molar-refractivity contribution in [2.45, 2.75) is 25.9 Å². The number of hydrogen-bond acceptors (Lipinski definition) is 2. The van der Waals surface area contributed by atoms with Crippen molar-refractivity contribution in [2.24, 2.45) is 0 Å². The van der Waals surface area contributed by atoms with Crippen LogP contribution in [0.25, 0.3) is 0 Å². The van der Waals surface area contributed by atoms with Crippen LogP contribution < -0.4 is 5.32 Å². The fourth-order valence-electron chi connectivity index (χ4n) is 1.91. The van der Waals surface area contributed by atoms with Crippen LogP contribution in [0.1, 0.15) is 25.5 Å². The van der Waals surface area contributed by atoms with Gasteiger partial charge in [-0.1, -0.05) is 24.1 Å². The third kappa shape index (κ3) is 3.83. The fraction of sp³-hybridized carbons (Fsp3) is 0.467. The maximum atomic E-state index is 13.7. The minimum Gasteiger partial charge on any atom is -0.305 e. The van der Waals surface area contributed by atoms with Crippen molar-refractivity contribution in [3.63, 3.8) is 0 Å². The van der Waals surface area contributed by atoms with Gasteiger partial charge in [-0.3, -0.25) is 4.90 Å². The molecule has 0 aliphatic heterocycles. The molecule has 0 bridgehead atoms. The summed E-state index contributed by atoms with van der Waals surface area (Å²) in [4.78, 5) is 2.14. The number of halogens is 1. The number of likely N-dealkylation sites (N-methyl/N-ethyl adjacent to an activating group) is 1. The zero-order valence-electron chi connectivity index (χ0n) is 11.3. The molecule has 1 aromatic rings. The summed E-state index contributed by atoms with van der Waals surface area (Å²) in [7, 11) is 2.00. The van der Waals surface area contributed by atoms with Gasteiger partial charge in [0, 0.05) is 24.2 Å². The number of rotatable bonds is 6. The molecule has 0 heterocycles. The zero-order chi connectivity index (χ0) is 13.5. The molecule has 2 unspecified atom stereocenters. The van der Waals surface area contributed by atoms with Crippen molar-refractivity contribution in [3.05, 3.63) is 35.6 Å². The van der Waals surface area contributed by atoms with E-state index in [1.54, 1.807) is 6.07 Å². The van der Waals surface area contributed by atoms with Crippen molar-refractivity contribution < 1.29 is 4.39 Å². The molecular formula is C15H21FN2. The molecule has 1 rings (SSSR count). The maximum Gasteiger partial charge on any atom is 0.127 e. The predicted molar refractivity (Wildman–Crippen MR) is 73.7 cm³/mol. The maximum absolute atomic E-state index is 13.7. The Morgan fingerprint density at radius 2 is 2.06 bits per heavy atom. The number of terminal acetylenes is 1. The zero-order valence-corrected chi connectivity index (χ0v) is 11.3. The molecule has 0 saturated carbocycles. The molecule has 0 amide bonds. The minimum absolute atomic E-state index is 0.0360. The molecule has 0 aliphatic carbocycles. The second-order valence-electron chi connectivity index (χ2n) is 4.55. The highest BCUT2D eigenvalue weighted by molar-refractivity contribution is 5.20. The van der Waals surface area contributed by atoms with Gasteiger partial charge in [0.05, 0.1) is 6.54 Å². The van der Waals surface area contributed by atoms with E-state index in [1.165, 1.54) is 6.07 Å². The lowest BCUT2D eigenvalue weighted by atomic mass is 10.1. The van der Waals surface area contributed by atoms with E-state index in [4.69, 9.17) is 6.42 Å². The fourth-order valence-corrected chi connectivity index (χ4v) is 1.91. The van der Waals surface area contributed by atoms with Crippen LogP contribution in [0.4, 0.5) is 4.39 Å². The standard InChI is InChI=1S/C15H21FN2/c1-5-10-17-11-12(2)18(4)13(3)14-8-6-7-9-15(14)16/h1,6-9,12-13,17H,10-11H2,2-4H3. The Hall–Kier alpha value is -1.37. The number of benzene rings is 1. The smallest absolute Gasteiger partial charge is 0.127 e. The van der Waals surface area contributed by atoms with E-state index in [0.29, 0.717) is 6.54 Å². The molecule has 1 aromatic carbocycles. The lowest BCUT2D eigenvalue weighted by molar-refractivity contribution is 0.191. The van der Waals surface area contributed by atoms with E-state index in [0.717, 1.165) is 12.1 Å². The van der Waals surface area contributed by atoms with E-state index >= 15 is 0 Å². The number of nitrogens with one attached hydrogen (secondary N) is 1. The van der Waals surface area contributed by atoms with Gasteiger partial charge in [0.25, 0.3) is 0 Å². The highest BCUT2D eigenvalue weighted by atomic mass is 19.1. The monoisotopic (exact) mass is 248 g/mol. The van der Waals surface area contributed by atoms with Crippen LogP contribution >= 0.6 is 0 Å². The largest absolute Gasteiger partial charge is 0.305 e. The highest BCUT2D eigenvalue weighted by Gasteiger charge is 2.19. The third-order valence-electron chi connectivity index (χ3n) is 3.33. The van der Waals surface area contributed by atoms with Crippen LogP contribution in [0.3, 0.4) is 0 Å². The van der Waals surface area contributed by atoms with Crippen molar-refractivity contribution in [2.75, 3.05) is 20.1 Å². The van der Waals surface area contributed by atoms with Gasteiger partial charge in [-0.25, -0.2) is 4.39 Å². The summed E-state index contributed by atoms with van der Waals surface area (Å²) in [6.45, 7) is 5.46. The molecule has 18 heavy (non-hydrogen) atoms. The van der Waals surface area contributed by atoms with Gasteiger partial charge in [-0.15, -0.1) is 6.42 Å². The third-order valence-corrected chi connectivity index (χ3v) is 3.33.